The van der Waals surface area contributed by atoms with Gasteiger partial charge in [0.15, 0.2) is 0 Å². The van der Waals surface area contributed by atoms with E-state index in [0.717, 1.165) is 18.0 Å². The maximum absolute atomic E-state index is 12.7. The fourth-order valence-corrected chi connectivity index (χ4v) is 4.08. The van der Waals surface area contributed by atoms with Gasteiger partial charge >= 0.3 is 6.03 Å². The standard InChI is InChI=1S/C22H23ClN4O3/c1-14(2)25-9-11-26(12-10-25)22(30)24-15-7-8-19(18(23)13-15)27-20(28)16-5-3-4-6-17(16)21(27)29/h3-8,13-14H,9-12H2,1-2H3,(H,24,30). The third kappa shape index (κ3) is 3.66. The molecule has 4 amide bonds. The molecule has 0 saturated carbocycles. The second-order valence-corrected chi connectivity index (χ2v) is 8.11. The van der Waals surface area contributed by atoms with Crippen molar-refractivity contribution >= 4 is 40.8 Å². The molecule has 30 heavy (non-hydrogen) atoms. The van der Waals surface area contributed by atoms with E-state index >= 15 is 0 Å². The Morgan fingerprint density at radius 1 is 0.967 bits per heavy atom. The van der Waals surface area contributed by atoms with Crippen LogP contribution in [0.25, 0.3) is 0 Å². The number of carbonyl (C=O) groups is 3. The summed E-state index contributed by atoms with van der Waals surface area (Å²) in [7, 11) is 0. The maximum Gasteiger partial charge on any atom is 0.321 e. The number of piperazine rings is 1. The van der Waals surface area contributed by atoms with Gasteiger partial charge in [0.1, 0.15) is 0 Å². The van der Waals surface area contributed by atoms with Crippen molar-refractivity contribution in [3.05, 3.63) is 58.6 Å². The molecule has 1 N–H and O–H groups in total. The van der Waals surface area contributed by atoms with E-state index in [-0.39, 0.29) is 11.1 Å². The van der Waals surface area contributed by atoms with E-state index in [0.29, 0.717) is 41.6 Å². The number of urea groups is 1. The quantitative estimate of drug-likeness (QED) is 0.759. The lowest BCUT2D eigenvalue weighted by atomic mass is 10.1. The summed E-state index contributed by atoms with van der Waals surface area (Å²) in [5.74, 6) is -0.811. The Labute approximate surface area is 180 Å². The summed E-state index contributed by atoms with van der Waals surface area (Å²) in [5.41, 5.74) is 1.52. The minimum Gasteiger partial charge on any atom is -0.322 e. The first-order chi connectivity index (χ1) is 14.4. The first-order valence-electron chi connectivity index (χ1n) is 9.94. The number of amides is 4. The first-order valence-corrected chi connectivity index (χ1v) is 10.3. The summed E-state index contributed by atoms with van der Waals surface area (Å²) in [4.78, 5) is 43.1. The number of anilines is 2. The van der Waals surface area contributed by atoms with Crippen LogP contribution in [0.4, 0.5) is 16.2 Å². The highest BCUT2D eigenvalue weighted by molar-refractivity contribution is 6.40. The molecule has 2 aromatic rings. The average Bonchev–Trinajstić information content (AvgIpc) is 2.99. The molecule has 2 aliphatic rings. The van der Waals surface area contributed by atoms with Crippen LogP contribution in [0.2, 0.25) is 5.02 Å². The number of rotatable bonds is 3. The number of imide groups is 1. The Morgan fingerprint density at radius 3 is 2.10 bits per heavy atom. The fraction of sp³-hybridized carbons (Fsp3) is 0.318. The van der Waals surface area contributed by atoms with Crippen LogP contribution in [0.5, 0.6) is 0 Å². The SMILES string of the molecule is CC(C)N1CCN(C(=O)Nc2ccc(N3C(=O)c4ccccc4C3=O)c(Cl)c2)CC1. The van der Waals surface area contributed by atoms with Crippen molar-refractivity contribution in [2.24, 2.45) is 0 Å². The van der Waals surface area contributed by atoms with Gasteiger partial charge in [-0.05, 0) is 44.2 Å². The highest BCUT2D eigenvalue weighted by Crippen LogP contribution is 2.34. The zero-order chi connectivity index (χ0) is 21.4. The molecule has 7 nitrogen and oxygen atoms in total. The van der Waals surface area contributed by atoms with Crippen LogP contribution >= 0.6 is 11.6 Å². The van der Waals surface area contributed by atoms with Gasteiger partial charge in [-0.3, -0.25) is 14.5 Å². The zero-order valence-corrected chi connectivity index (χ0v) is 17.6. The highest BCUT2D eigenvalue weighted by atomic mass is 35.5. The van der Waals surface area contributed by atoms with Crippen molar-refractivity contribution in [1.29, 1.82) is 0 Å². The van der Waals surface area contributed by atoms with Crippen molar-refractivity contribution < 1.29 is 14.4 Å². The molecule has 0 radical (unpaired) electrons. The Kier molecular flexibility index (Phi) is 5.49. The van der Waals surface area contributed by atoms with Crippen molar-refractivity contribution in [3.8, 4) is 0 Å². The monoisotopic (exact) mass is 426 g/mol. The van der Waals surface area contributed by atoms with Gasteiger partial charge in [-0.15, -0.1) is 0 Å². The van der Waals surface area contributed by atoms with E-state index in [1.165, 1.54) is 0 Å². The van der Waals surface area contributed by atoms with Crippen molar-refractivity contribution in [2.75, 3.05) is 36.4 Å². The normalized spacial score (nSPS) is 16.9. The molecule has 0 aliphatic carbocycles. The Balaban J connectivity index is 1.46. The van der Waals surface area contributed by atoms with Gasteiger partial charge in [0.05, 0.1) is 21.8 Å². The lowest BCUT2D eigenvalue weighted by Crippen LogP contribution is -2.51. The molecule has 4 rings (SSSR count). The van der Waals surface area contributed by atoms with Gasteiger partial charge in [0, 0.05) is 37.9 Å². The number of fused-ring (bicyclic) bond motifs is 1. The zero-order valence-electron chi connectivity index (χ0n) is 16.9. The molecule has 2 heterocycles. The summed E-state index contributed by atoms with van der Waals surface area (Å²) < 4.78 is 0. The Bertz CT molecular complexity index is 980. The van der Waals surface area contributed by atoms with Crippen molar-refractivity contribution in [3.63, 3.8) is 0 Å². The molecule has 2 aromatic carbocycles. The topological polar surface area (TPSA) is 73.0 Å². The molecule has 0 bridgehead atoms. The fourth-order valence-electron chi connectivity index (χ4n) is 3.82. The molecule has 8 heteroatoms. The van der Waals surface area contributed by atoms with E-state index in [9.17, 15) is 14.4 Å². The van der Waals surface area contributed by atoms with E-state index < -0.39 is 11.8 Å². The molecule has 1 saturated heterocycles. The first kappa shape index (κ1) is 20.4. The number of carbonyl (C=O) groups excluding carboxylic acids is 3. The van der Waals surface area contributed by atoms with Crippen molar-refractivity contribution in [2.45, 2.75) is 19.9 Å². The van der Waals surface area contributed by atoms with Gasteiger partial charge < -0.3 is 10.2 Å². The average molecular weight is 427 g/mol. The van der Waals surface area contributed by atoms with Gasteiger partial charge in [-0.2, -0.15) is 0 Å². The largest absolute Gasteiger partial charge is 0.322 e. The molecule has 156 valence electrons. The lowest BCUT2D eigenvalue weighted by Gasteiger charge is -2.36. The number of hydrogen-bond donors (Lipinski definition) is 1. The van der Waals surface area contributed by atoms with E-state index in [2.05, 4.69) is 24.1 Å². The van der Waals surface area contributed by atoms with E-state index in [1.54, 1.807) is 47.4 Å². The van der Waals surface area contributed by atoms with Crippen molar-refractivity contribution in [1.82, 2.24) is 9.80 Å². The van der Waals surface area contributed by atoms with Crippen LogP contribution in [0.3, 0.4) is 0 Å². The van der Waals surface area contributed by atoms with Crippen LogP contribution in [-0.2, 0) is 0 Å². The van der Waals surface area contributed by atoms with Gasteiger partial charge in [0.2, 0.25) is 0 Å². The maximum atomic E-state index is 12.7. The van der Waals surface area contributed by atoms with Crippen LogP contribution in [0.15, 0.2) is 42.5 Å². The number of benzene rings is 2. The Hall–Kier alpha value is -2.90. The van der Waals surface area contributed by atoms with Crippen LogP contribution in [0, 0.1) is 0 Å². The molecule has 0 unspecified atom stereocenters. The molecule has 0 spiro atoms. The summed E-state index contributed by atoms with van der Waals surface area (Å²) >= 11 is 6.39. The number of nitrogens with zero attached hydrogens (tertiary/aromatic N) is 3. The van der Waals surface area contributed by atoms with Gasteiger partial charge in [-0.25, -0.2) is 9.69 Å². The summed E-state index contributed by atoms with van der Waals surface area (Å²) in [6, 6.07) is 11.7. The third-order valence-corrected chi connectivity index (χ3v) is 5.87. The molecule has 1 fully saturated rings. The van der Waals surface area contributed by atoms with E-state index in [1.807, 2.05) is 0 Å². The molecule has 0 atom stereocenters. The molecule has 2 aliphatic heterocycles. The summed E-state index contributed by atoms with van der Waals surface area (Å²) in [5, 5.41) is 3.06. The summed E-state index contributed by atoms with van der Waals surface area (Å²) in [6.07, 6.45) is 0. The minimum absolute atomic E-state index is 0.192. The molecular weight excluding hydrogens is 404 g/mol. The molecular formula is C22H23ClN4O3. The number of halogens is 1. The van der Waals surface area contributed by atoms with Crippen LogP contribution in [-0.4, -0.2) is 59.9 Å². The summed E-state index contributed by atoms with van der Waals surface area (Å²) in [6.45, 7) is 7.28. The highest BCUT2D eigenvalue weighted by Gasteiger charge is 2.37. The number of hydrogen-bond acceptors (Lipinski definition) is 4. The predicted octanol–water partition coefficient (Wildman–Crippen LogP) is 3.70. The third-order valence-electron chi connectivity index (χ3n) is 5.57. The molecule has 0 aromatic heterocycles. The van der Waals surface area contributed by atoms with Crippen LogP contribution in [0.1, 0.15) is 34.6 Å². The van der Waals surface area contributed by atoms with Gasteiger partial charge in [0.25, 0.3) is 11.8 Å². The van der Waals surface area contributed by atoms with E-state index in [4.69, 9.17) is 11.6 Å². The van der Waals surface area contributed by atoms with Gasteiger partial charge in [-0.1, -0.05) is 23.7 Å². The second kappa shape index (κ2) is 8.08. The minimum atomic E-state index is -0.405. The van der Waals surface area contributed by atoms with Crippen LogP contribution < -0.4 is 10.2 Å². The number of nitrogens with one attached hydrogen (secondary N) is 1. The predicted molar refractivity (Wildman–Crippen MR) is 116 cm³/mol. The second-order valence-electron chi connectivity index (χ2n) is 7.70. The Morgan fingerprint density at radius 2 is 1.57 bits per heavy atom. The smallest absolute Gasteiger partial charge is 0.321 e. The lowest BCUT2D eigenvalue weighted by molar-refractivity contribution is 0.0926.